The quantitative estimate of drug-likeness (QED) is 0.367. The third-order valence-electron chi connectivity index (χ3n) is 2.49. The predicted octanol–water partition coefficient (Wildman–Crippen LogP) is 1.04. The molecule has 0 atom stereocenters. The molecule has 0 unspecified atom stereocenters. The monoisotopic (exact) mass is 263 g/mol. The van der Waals surface area contributed by atoms with Crippen LogP contribution >= 0.6 is 7.80 Å². The van der Waals surface area contributed by atoms with Gasteiger partial charge >= 0.3 is 7.80 Å². The van der Waals surface area contributed by atoms with Gasteiger partial charge in [0.1, 0.15) is 11.5 Å². The molecule has 18 heavy (non-hydrogen) atoms. The lowest BCUT2D eigenvalue weighted by molar-refractivity contribution is 0.477. The minimum absolute atomic E-state index is 0.0487. The van der Waals surface area contributed by atoms with E-state index >= 15 is 0 Å². The predicted molar refractivity (Wildman–Crippen MR) is 71.9 cm³/mol. The van der Waals surface area contributed by atoms with Crippen LogP contribution in [0.3, 0.4) is 0 Å². The van der Waals surface area contributed by atoms with Gasteiger partial charge in [-0.25, -0.2) is 0 Å². The van der Waals surface area contributed by atoms with Crippen molar-refractivity contribution in [3.8, 4) is 11.5 Å². The van der Waals surface area contributed by atoms with E-state index in [1.165, 1.54) is 36.4 Å². The maximum absolute atomic E-state index is 12.2. The number of nitrogens with two attached hydrogens (primary N) is 2. The summed E-state index contributed by atoms with van der Waals surface area (Å²) in [5.74, 6) is -0.0975. The number of nitrogen functional groups attached to an aromatic ring is 2. The van der Waals surface area contributed by atoms with Gasteiger partial charge in [-0.3, -0.25) is 0 Å². The van der Waals surface area contributed by atoms with Crippen LogP contribution in [0.25, 0.3) is 0 Å². The van der Waals surface area contributed by atoms with Crippen LogP contribution in [0.1, 0.15) is 0 Å². The Morgan fingerprint density at radius 2 is 1.22 bits per heavy atom. The zero-order chi connectivity index (χ0) is 13.3. The number of benzene rings is 2. The van der Waals surface area contributed by atoms with Crippen molar-refractivity contribution < 1.29 is 14.8 Å². The second-order valence-corrected chi connectivity index (χ2v) is 5.40. The number of anilines is 2. The molecule has 6 heteroatoms. The lowest BCUT2D eigenvalue weighted by Crippen LogP contribution is -2.08. The molecule has 0 aromatic heterocycles. The molecule has 0 spiro atoms. The van der Waals surface area contributed by atoms with Gasteiger partial charge in [-0.1, -0.05) is 4.57 Å². The highest BCUT2D eigenvalue weighted by Crippen LogP contribution is 2.27. The minimum atomic E-state index is -1.86. The SMILES string of the molecule is Nc1cc([P+](=O)c2ccc(O)c(N)c2)ccc1O. The van der Waals surface area contributed by atoms with Crippen LogP contribution in [0, 0.1) is 0 Å². The summed E-state index contributed by atoms with van der Waals surface area (Å²) in [4.78, 5) is 0. The molecule has 2 rings (SSSR count). The van der Waals surface area contributed by atoms with Crippen molar-refractivity contribution in [2.24, 2.45) is 0 Å². The Balaban J connectivity index is 2.41. The Labute approximate surface area is 104 Å². The van der Waals surface area contributed by atoms with E-state index in [-0.39, 0.29) is 22.9 Å². The van der Waals surface area contributed by atoms with E-state index in [1.807, 2.05) is 0 Å². The highest BCUT2D eigenvalue weighted by molar-refractivity contribution is 7.61. The normalized spacial score (nSPS) is 10.2. The van der Waals surface area contributed by atoms with Crippen LogP contribution in [-0.4, -0.2) is 10.2 Å². The van der Waals surface area contributed by atoms with Crippen molar-refractivity contribution in [2.45, 2.75) is 0 Å². The van der Waals surface area contributed by atoms with Gasteiger partial charge in [-0.15, -0.1) is 0 Å². The number of phenols is 2. The number of hydrogen-bond acceptors (Lipinski definition) is 5. The van der Waals surface area contributed by atoms with Gasteiger partial charge in [-0.2, -0.15) is 0 Å². The van der Waals surface area contributed by atoms with E-state index in [2.05, 4.69) is 0 Å². The van der Waals surface area contributed by atoms with E-state index in [4.69, 9.17) is 11.5 Å². The van der Waals surface area contributed by atoms with Crippen LogP contribution < -0.4 is 22.1 Å². The fourth-order valence-corrected chi connectivity index (χ4v) is 2.72. The Morgan fingerprint density at radius 3 is 1.56 bits per heavy atom. The molecular formula is C12H12N2O3P+. The fourth-order valence-electron chi connectivity index (χ4n) is 1.49. The van der Waals surface area contributed by atoms with E-state index in [1.54, 1.807) is 0 Å². The average molecular weight is 263 g/mol. The van der Waals surface area contributed by atoms with Crippen molar-refractivity contribution in [1.82, 2.24) is 0 Å². The second kappa shape index (κ2) is 4.55. The van der Waals surface area contributed by atoms with Crippen LogP contribution in [0.2, 0.25) is 0 Å². The number of phenolic OH excluding ortho intramolecular Hbond substituents is 2. The molecule has 0 radical (unpaired) electrons. The number of rotatable bonds is 2. The molecule has 0 fully saturated rings. The molecule has 5 nitrogen and oxygen atoms in total. The van der Waals surface area contributed by atoms with Gasteiger partial charge in [-0.05, 0) is 24.3 Å². The van der Waals surface area contributed by atoms with Crippen molar-refractivity contribution in [3.63, 3.8) is 0 Å². The summed E-state index contributed by atoms with van der Waals surface area (Å²) in [6, 6.07) is 8.76. The van der Waals surface area contributed by atoms with E-state index < -0.39 is 7.80 Å². The number of aromatic hydroxyl groups is 2. The topological polar surface area (TPSA) is 110 Å². The molecule has 0 saturated carbocycles. The molecule has 0 aliphatic heterocycles. The Kier molecular flexibility index (Phi) is 3.08. The molecule has 0 aliphatic carbocycles. The molecule has 92 valence electrons. The smallest absolute Gasteiger partial charge is 0.415 e. The van der Waals surface area contributed by atoms with Crippen LogP contribution in [-0.2, 0) is 4.57 Å². The van der Waals surface area contributed by atoms with Crippen LogP contribution in [0.15, 0.2) is 36.4 Å². The Hall–Kier alpha value is -2.26. The van der Waals surface area contributed by atoms with Gasteiger partial charge in [0.05, 0.1) is 11.4 Å². The lowest BCUT2D eigenvalue weighted by Gasteiger charge is -1.98. The third kappa shape index (κ3) is 2.21. The van der Waals surface area contributed by atoms with Crippen molar-refractivity contribution in [2.75, 3.05) is 11.5 Å². The van der Waals surface area contributed by atoms with E-state index in [9.17, 15) is 14.8 Å². The van der Waals surface area contributed by atoms with Gasteiger partial charge in [0.2, 0.25) is 0 Å². The molecule has 2 aromatic carbocycles. The fraction of sp³-hybridized carbons (Fsp3) is 0. The average Bonchev–Trinajstić information content (AvgIpc) is 2.35. The van der Waals surface area contributed by atoms with Crippen molar-refractivity contribution >= 4 is 29.8 Å². The van der Waals surface area contributed by atoms with E-state index in [0.717, 1.165) is 0 Å². The third-order valence-corrected chi connectivity index (χ3v) is 3.99. The summed E-state index contributed by atoms with van der Waals surface area (Å²) >= 11 is 0. The summed E-state index contributed by atoms with van der Waals surface area (Å²) in [5.41, 5.74) is 11.4. The zero-order valence-corrected chi connectivity index (χ0v) is 10.3. The van der Waals surface area contributed by atoms with E-state index in [0.29, 0.717) is 10.6 Å². The van der Waals surface area contributed by atoms with Gasteiger partial charge in [0, 0.05) is 12.1 Å². The zero-order valence-electron chi connectivity index (χ0n) is 9.37. The first-order valence-electron chi connectivity index (χ1n) is 5.13. The standard InChI is InChI=1S/C12H11N2O3P/c13-9-5-7(1-3-11(9)15)18(17)8-2-4-12(16)10(14)6-8/h1-6H,13-14H2,(H-,15,16,17)/p+1. The summed E-state index contributed by atoms with van der Waals surface area (Å²) in [7, 11) is -1.86. The number of hydrogen-bond donors (Lipinski definition) is 4. The van der Waals surface area contributed by atoms with Gasteiger partial charge < -0.3 is 21.7 Å². The lowest BCUT2D eigenvalue weighted by atomic mass is 10.3. The summed E-state index contributed by atoms with van der Waals surface area (Å²) in [5, 5.41) is 19.6. The highest BCUT2D eigenvalue weighted by atomic mass is 31.1. The first-order chi connectivity index (χ1) is 8.49. The molecule has 2 aromatic rings. The maximum atomic E-state index is 12.2. The molecular weight excluding hydrogens is 251 g/mol. The molecule has 0 aliphatic rings. The second-order valence-electron chi connectivity index (χ2n) is 3.78. The Morgan fingerprint density at radius 1 is 0.833 bits per heavy atom. The van der Waals surface area contributed by atoms with Crippen LogP contribution in [0.5, 0.6) is 11.5 Å². The van der Waals surface area contributed by atoms with Gasteiger partial charge in [0.25, 0.3) is 0 Å². The minimum Gasteiger partial charge on any atom is -0.506 e. The molecule has 6 N–H and O–H groups in total. The maximum Gasteiger partial charge on any atom is 0.415 e. The summed E-state index contributed by atoms with van der Waals surface area (Å²) < 4.78 is 12.2. The molecule has 0 heterocycles. The van der Waals surface area contributed by atoms with Gasteiger partial charge in [0.15, 0.2) is 10.6 Å². The van der Waals surface area contributed by atoms with Crippen LogP contribution in [0.4, 0.5) is 11.4 Å². The Bertz CT molecular complexity index is 575. The van der Waals surface area contributed by atoms with Crippen molar-refractivity contribution in [1.29, 1.82) is 0 Å². The molecule has 0 amide bonds. The summed E-state index contributed by atoms with van der Waals surface area (Å²) in [6.07, 6.45) is 0. The molecule has 0 saturated heterocycles. The highest BCUT2D eigenvalue weighted by Gasteiger charge is 2.25. The van der Waals surface area contributed by atoms with Crippen molar-refractivity contribution in [3.05, 3.63) is 36.4 Å². The largest absolute Gasteiger partial charge is 0.506 e. The first-order valence-corrected chi connectivity index (χ1v) is 6.39. The first kappa shape index (κ1) is 12.2. The molecule has 0 bridgehead atoms. The summed E-state index contributed by atoms with van der Waals surface area (Å²) in [6.45, 7) is 0.